The van der Waals surface area contributed by atoms with Gasteiger partial charge in [0.05, 0.1) is 12.8 Å². The summed E-state index contributed by atoms with van der Waals surface area (Å²) in [6.07, 6.45) is -4.40. The number of nitrogens with zero attached hydrogens (tertiary/aromatic N) is 1. The Balaban J connectivity index is 2.42. The molecule has 1 unspecified atom stereocenters. The largest absolute Gasteiger partial charge is 0.502 e. The summed E-state index contributed by atoms with van der Waals surface area (Å²) in [4.78, 5) is 24.3. The van der Waals surface area contributed by atoms with Gasteiger partial charge in [-0.15, -0.1) is 0 Å². The number of hydrogen-bond acceptors (Lipinski definition) is 7. The second kappa shape index (κ2) is 4.53. The van der Waals surface area contributed by atoms with Crippen LogP contribution in [0.25, 0.3) is 0 Å². The lowest BCUT2D eigenvalue weighted by atomic mass is 10.1. The van der Waals surface area contributed by atoms with Gasteiger partial charge in [0.25, 0.3) is 5.56 Å². The summed E-state index contributed by atoms with van der Waals surface area (Å²) in [7, 11) is 0. The Bertz CT molecular complexity index is 551. The third-order valence-corrected chi connectivity index (χ3v) is 2.74. The van der Waals surface area contributed by atoms with Crippen molar-refractivity contribution in [1.29, 1.82) is 0 Å². The van der Waals surface area contributed by atoms with E-state index in [-0.39, 0.29) is 0 Å². The molecule has 4 atom stereocenters. The minimum absolute atomic E-state index is 0.543. The van der Waals surface area contributed by atoms with Gasteiger partial charge in [0.2, 0.25) is 0 Å². The highest BCUT2D eigenvalue weighted by Crippen LogP contribution is 2.28. The second-order valence-electron chi connectivity index (χ2n) is 3.91. The van der Waals surface area contributed by atoms with Crippen LogP contribution in [0.5, 0.6) is 5.75 Å². The number of H-pyrrole nitrogens is 1. The minimum atomic E-state index is -1.47. The lowest BCUT2D eigenvalue weighted by Crippen LogP contribution is -2.37. The van der Waals surface area contributed by atoms with E-state index in [4.69, 9.17) is 9.84 Å². The van der Waals surface area contributed by atoms with E-state index < -0.39 is 48.1 Å². The van der Waals surface area contributed by atoms with Crippen LogP contribution >= 0.6 is 0 Å². The van der Waals surface area contributed by atoms with E-state index in [1.165, 1.54) is 0 Å². The molecule has 1 aliphatic rings. The van der Waals surface area contributed by atoms with Gasteiger partial charge in [-0.3, -0.25) is 14.3 Å². The van der Waals surface area contributed by atoms with Crippen LogP contribution in [0.2, 0.25) is 0 Å². The quantitative estimate of drug-likeness (QED) is 0.377. The fourth-order valence-electron chi connectivity index (χ4n) is 1.77. The number of hydrogen-bond donors (Lipinski definition) is 5. The number of ether oxygens (including phenoxy) is 1. The zero-order valence-corrected chi connectivity index (χ0v) is 9.05. The molecule has 0 aromatic carbocycles. The maximum atomic E-state index is 11.5. The van der Waals surface area contributed by atoms with E-state index in [9.17, 15) is 24.9 Å². The van der Waals surface area contributed by atoms with Crippen LogP contribution in [0.3, 0.4) is 0 Å². The number of aliphatic hydroxyl groups excluding tert-OH is 3. The van der Waals surface area contributed by atoms with E-state index in [1.54, 1.807) is 0 Å². The molecule has 0 bridgehead atoms. The van der Waals surface area contributed by atoms with Gasteiger partial charge in [0, 0.05) is 0 Å². The summed E-state index contributed by atoms with van der Waals surface area (Å²) >= 11 is 0. The fourth-order valence-corrected chi connectivity index (χ4v) is 1.77. The normalized spacial score (nSPS) is 31.7. The predicted molar refractivity (Wildman–Crippen MR) is 56.0 cm³/mol. The summed E-state index contributed by atoms with van der Waals surface area (Å²) in [5.41, 5.74) is -1.88. The van der Waals surface area contributed by atoms with Gasteiger partial charge >= 0.3 is 5.69 Å². The Labute approximate surface area is 99.5 Å². The van der Waals surface area contributed by atoms with Crippen LogP contribution in [0.15, 0.2) is 15.8 Å². The van der Waals surface area contributed by atoms with Gasteiger partial charge in [-0.05, 0) is 0 Å². The van der Waals surface area contributed by atoms with E-state index in [1.807, 2.05) is 4.98 Å². The third-order valence-electron chi connectivity index (χ3n) is 2.74. The van der Waals surface area contributed by atoms with E-state index in [2.05, 4.69) is 0 Å². The lowest BCUT2D eigenvalue weighted by Gasteiger charge is -2.16. The van der Waals surface area contributed by atoms with E-state index in [0.29, 0.717) is 0 Å². The van der Waals surface area contributed by atoms with Crippen molar-refractivity contribution in [3.05, 3.63) is 27.0 Å². The molecule has 100 valence electrons. The topological polar surface area (TPSA) is 145 Å². The molecular formula is C9H12N2O7. The van der Waals surface area contributed by atoms with Crippen LogP contribution < -0.4 is 11.2 Å². The molecular weight excluding hydrogens is 248 g/mol. The Morgan fingerprint density at radius 2 is 2.00 bits per heavy atom. The lowest BCUT2D eigenvalue weighted by molar-refractivity contribution is -0.0552. The van der Waals surface area contributed by atoms with Crippen molar-refractivity contribution in [3.8, 4) is 5.75 Å². The summed E-state index contributed by atoms with van der Waals surface area (Å²) < 4.78 is 5.81. The first-order chi connectivity index (χ1) is 8.45. The molecule has 18 heavy (non-hydrogen) atoms. The molecule has 5 N–H and O–H groups in total. The fraction of sp³-hybridized carbons (Fsp3) is 0.556. The molecule has 0 amide bonds. The molecule has 0 aliphatic carbocycles. The van der Waals surface area contributed by atoms with Gasteiger partial charge in [-0.25, -0.2) is 4.79 Å². The maximum Gasteiger partial charge on any atom is 0.330 e. The third kappa shape index (κ3) is 1.93. The number of aromatic amines is 1. The molecule has 1 aromatic rings. The average molecular weight is 260 g/mol. The predicted octanol–water partition coefficient (Wildman–Crippen LogP) is -3.15. The Kier molecular flexibility index (Phi) is 3.22. The number of aromatic nitrogens is 2. The van der Waals surface area contributed by atoms with Gasteiger partial charge in [-0.2, -0.15) is 0 Å². The molecule has 1 aliphatic heterocycles. The Morgan fingerprint density at radius 3 is 2.56 bits per heavy atom. The SMILES string of the molecule is O=c1[nH]c(=O)n([C@@H]2O[C@H](CO)C(O)[C@@H]2O)cc1O. The minimum Gasteiger partial charge on any atom is -0.502 e. The highest BCUT2D eigenvalue weighted by Gasteiger charge is 2.43. The molecule has 0 spiro atoms. The molecule has 1 aromatic heterocycles. The van der Waals surface area contributed by atoms with Gasteiger partial charge in [0.1, 0.15) is 18.3 Å². The monoisotopic (exact) mass is 260 g/mol. The first kappa shape index (κ1) is 12.8. The number of aromatic hydroxyl groups is 1. The first-order valence-corrected chi connectivity index (χ1v) is 5.12. The van der Waals surface area contributed by atoms with Crippen LogP contribution in [-0.4, -0.2) is 54.9 Å². The van der Waals surface area contributed by atoms with Crippen LogP contribution in [0.1, 0.15) is 6.23 Å². The number of rotatable bonds is 2. The zero-order valence-electron chi connectivity index (χ0n) is 9.05. The highest BCUT2D eigenvalue weighted by molar-refractivity contribution is 5.10. The van der Waals surface area contributed by atoms with Crippen LogP contribution in [-0.2, 0) is 4.74 Å². The van der Waals surface area contributed by atoms with Crippen molar-refractivity contribution in [2.45, 2.75) is 24.5 Å². The molecule has 0 saturated carbocycles. The smallest absolute Gasteiger partial charge is 0.330 e. The van der Waals surface area contributed by atoms with Gasteiger partial charge < -0.3 is 25.2 Å². The number of aliphatic hydroxyl groups is 3. The molecule has 1 fully saturated rings. The summed E-state index contributed by atoms with van der Waals surface area (Å²) in [5, 5.41) is 37.3. The molecule has 9 nitrogen and oxygen atoms in total. The van der Waals surface area contributed by atoms with Crippen LogP contribution in [0, 0.1) is 0 Å². The molecule has 9 heteroatoms. The average Bonchev–Trinajstić information content (AvgIpc) is 2.61. The highest BCUT2D eigenvalue weighted by atomic mass is 16.6. The van der Waals surface area contributed by atoms with E-state index in [0.717, 1.165) is 10.8 Å². The van der Waals surface area contributed by atoms with Crippen LogP contribution in [0.4, 0.5) is 0 Å². The molecule has 0 radical (unpaired) electrons. The van der Waals surface area contributed by atoms with Gasteiger partial charge in [-0.1, -0.05) is 0 Å². The molecule has 2 rings (SSSR count). The van der Waals surface area contributed by atoms with Crippen molar-refractivity contribution >= 4 is 0 Å². The summed E-state index contributed by atoms with van der Waals surface area (Å²) in [5.74, 6) is -0.729. The maximum absolute atomic E-state index is 11.5. The molecule has 2 heterocycles. The van der Waals surface area contributed by atoms with Crippen molar-refractivity contribution < 1.29 is 25.2 Å². The van der Waals surface area contributed by atoms with Crippen molar-refractivity contribution in [3.63, 3.8) is 0 Å². The molecule has 1 saturated heterocycles. The zero-order chi connectivity index (χ0) is 13.4. The van der Waals surface area contributed by atoms with Crippen molar-refractivity contribution in [1.82, 2.24) is 9.55 Å². The summed E-state index contributed by atoms with van der Waals surface area (Å²) in [6.45, 7) is -0.543. The Morgan fingerprint density at radius 1 is 1.33 bits per heavy atom. The Hall–Kier alpha value is -1.68. The van der Waals surface area contributed by atoms with Crippen molar-refractivity contribution in [2.24, 2.45) is 0 Å². The summed E-state index contributed by atoms with van der Waals surface area (Å²) in [6, 6.07) is 0. The first-order valence-electron chi connectivity index (χ1n) is 5.12. The standard InChI is InChI=1S/C9H12N2O7/c12-2-4-5(14)6(15)8(18-4)11-1-3(13)7(16)10-9(11)17/h1,4-6,8,12-15H,2H2,(H,10,16,17)/t4-,5?,6+,8-/m1/s1. The number of nitrogens with one attached hydrogen (secondary N) is 1. The second-order valence-corrected chi connectivity index (χ2v) is 3.91. The van der Waals surface area contributed by atoms with Crippen molar-refractivity contribution in [2.75, 3.05) is 6.61 Å². The van der Waals surface area contributed by atoms with E-state index >= 15 is 0 Å². The van der Waals surface area contributed by atoms with Gasteiger partial charge in [0.15, 0.2) is 12.0 Å².